The smallest absolute Gasteiger partial charge is 0.0309 e. The van der Waals surface area contributed by atoms with Gasteiger partial charge in [0.15, 0.2) is 0 Å². The summed E-state index contributed by atoms with van der Waals surface area (Å²) < 4.78 is 0. The van der Waals surface area contributed by atoms with Gasteiger partial charge in [-0.2, -0.15) is 0 Å². The Kier molecular flexibility index (Phi) is 3.73. The Hall–Kier alpha value is -0.0800. The molecule has 0 radical (unpaired) electrons. The highest BCUT2D eigenvalue weighted by molar-refractivity contribution is 4.90. The summed E-state index contributed by atoms with van der Waals surface area (Å²) in [7, 11) is 0. The SMILES string of the molecule is CCC(C)(C)C(NN)C(C)(C)C. The van der Waals surface area contributed by atoms with Crippen LogP contribution in [-0.2, 0) is 0 Å². The highest BCUT2D eigenvalue weighted by Gasteiger charge is 2.35. The van der Waals surface area contributed by atoms with Crippen LogP contribution in [0.1, 0.15) is 48.0 Å². The van der Waals surface area contributed by atoms with Crippen LogP contribution in [0, 0.1) is 10.8 Å². The highest BCUT2D eigenvalue weighted by Crippen LogP contribution is 2.35. The van der Waals surface area contributed by atoms with Gasteiger partial charge in [-0.25, -0.2) is 0 Å². The van der Waals surface area contributed by atoms with Crippen LogP contribution in [0.25, 0.3) is 0 Å². The van der Waals surface area contributed by atoms with Gasteiger partial charge in [-0.05, 0) is 17.3 Å². The quantitative estimate of drug-likeness (QED) is 0.506. The normalized spacial score (nSPS) is 16.2. The zero-order valence-corrected chi connectivity index (χ0v) is 9.36. The van der Waals surface area contributed by atoms with Gasteiger partial charge in [-0.1, -0.05) is 41.5 Å². The molecule has 0 saturated carbocycles. The number of hydrogen-bond donors (Lipinski definition) is 2. The molecule has 0 spiro atoms. The molecule has 1 atom stereocenters. The Bertz CT molecular complexity index is 133. The van der Waals surface area contributed by atoms with E-state index in [0.717, 1.165) is 6.42 Å². The summed E-state index contributed by atoms with van der Waals surface area (Å²) in [5, 5.41) is 0. The highest BCUT2D eigenvalue weighted by atomic mass is 15.2. The fourth-order valence-electron chi connectivity index (χ4n) is 1.85. The van der Waals surface area contributed by atoms with Gasteiger partial charge in [0.1, 0.15) is 0 Å². The van der Waals surface area contributed by atoms with E-state index in [0.29, 0.717) is 6.04 Å². The van der Waals surface area contributed by atoms with Crippen molar-refractivity contribution in [2.24, 2.45) is 16.7 Å². The molecule has 0 bridgehead atoms. The molecule has 0 fully saturated rings. The molecule has 1 unspecified atom stereocenters. The second-order valence-corrected chi connectivity index (χ2v) is 5.31. The van der Waals surface area contributed by atoms with E-state index in [1.807, 2.05) is 0 Å². The van der Waals surface area contributed by atoms with Crippen LogP contribution in [0.4, 0.5) is 0 Å². The summed E-state index contributed by atoms with van der Waals surface area (Å²) in [5.41, 5.74) is 3.41. The third-order valence-corrected chi connectivity index (χ3v) is 2.73. The van der Waals surface area contributed by atoms with E-state index in [9.17, 15) is 0 Å². The predicted molar refractivity (Wildman–Crippen MR) is 54.6 cm³/mol. The zero-order valence-electron chi connectivity index (χ0n) is 9.36. The molecular formula is C10H24N2. The first-order valence-corrected chi connectivity index (χ1v) is 4.72. The Labute approximate surface area is 76.9 Å². The van der Waals surface area contributed by atoms with E-state index >= 15 is 0 Å². The van der Waals surface area contributed by atoms with Gasteiger partial charge in [0.2, 0.25) is 0 Å². The van der Waals surface area contributed by atoms with E-state index in [4.69, 9.17) is 5.84 Å². The van der Waals surface area contributed by atoms with Crippen molar-refractivity contribution in [2.75, 3.05) is 0 Å². The average Bonchev–Trinajstić information content (AvgIpc) is 1.85. The van der Waals surface area contributed by atoms with Crippen molar-refractivity contribution < 1.29 is 0 Å². The maximum atomic E-state index is 5.57. The van der Waals surface area contributed by atoms with Gasteiger partial charge < -0.3 is 0 Å². The summed E-state index contributed by atoms with van der Waals surface area (Å²) in [6.07, 6.45) is 1.14. The minimum absolute atomic E-state index is 0.217. The molecule has 0 saturated heterocycles. The molecule has 74 valence electrons. The van der Waals surface area contributed by atoms with Crippen LogP contribution in [0.3, 0.4) is 0 Å². The minimum atomic E-state index is 0.217. The molecule has 0 aliphatic heterocycles. The van der Waals surface area contributed by atoms with Crippen LogP contribution in [0.2, 0.25) is 0 Å². The Morgan fingerprint density at radius 1 is 1.17 bits per heavy atom. The second-order valence-electron chi connectivity index (χ2n) is 5.31. The van der Waals surface area contributed by atoms with E-state index in [2.05, 4.69) is 47.0 Å². The third kappa shape index (κ3) is 2.76. The van der Waals surface area contributed by atoms with Crippen LogP contribution < -0.4 is 11.3 Å². The lowest BCUT2D eigenvalue weighted by molar-refractivity contribution is 0.121. The van der Waals surface area contributed by atoms with Crippen molar-refractivity contribution in [1.29, 1.82) is 0 Å². The fourth-order valence-corrected chi connectivity index (χ4v) is 1.85. The minimum Gasteiger partial charge on any atom is -0.271 e. The summed E-state index contributed by atoms with van der Waals surface area (Å²) >= 11 is 0. The average molecular weight is 172 g/mol. The van der Waals surface area contributed by atoms with Gasteiger partial charge in [0, 0.05) is 6.04 Å². The lowest BCUT2D eigenvalue weighted by atomic mass is 9.70. The summed E-state index contributed by atoms with van der Waals surface area (Å²) in [6.45, 7) is 13.4. The molecule has 0 heterocycles. The molecule has 2 nitrogen and oxygen atoms in total. The molecule has 0 aliphatic rings. The van der Waals surface area contributed by atoms with Crippen LogP contribution >= 0.6 is 0 Å². The maximum Gasteiger partial charge on any atom is 0.0309 e. The van der Waals surface area contributed by atoms with Crippen molar-refractivity contribution in [3.63, 3.8) is 0 Å². The van der Waals surface area contributed by atoms with E-state index < -0.39 is 0 Å². The van der Waals surface area contributed by atoms with Gasteiger partial charge >= 0.3 is 0 Å². The van der Waals surface area contributed by atoms with Crippen molar-refractivity contribution in [1.82, 2.24) is 5.43 Å². The zero-order chi connectivity index (χ0) is 9.99. The Balaban J connectivity index is 4.56. The van der Waals surface area contributed by atoms with Crippen molar-refractivity contribution >= 4 is 0 Å². The van der Waals surface area contributed by atoms with Crippen LogP contribution in [-0.4, -0.2) is 6.04 Å². The van der Waals surface area contributed by atoms with Crippen molar-refractivity contribution in [2.45, 2.75) is 54.0 Å². The second kappa shape index (κ2) is 3.75. The van der Waals surface area contributed by atoms with Crippen LogP contribution in [0.5, 0.6) is 0 Å². The molecule has 0 amide bonds. The number of hydrazine groups is 1. The maximum absolute atomic E-state index is 5.57. The first-order chi connectivity index (χ1) is 5.25. The van der Waals surface area contributed by atoms with Gasteiger partial charge in [0.25, 0.3) is 0 Å². The topological polar surface area (TPSA) is 38.0 Å². The summed E-state index contributed by atoms with van der Waals surface area (Å²) in [4.78, 5) is 0. The lowest BCUT2D eigenvalue weighted by Crippen LogP contribution is -2.53. The van der Waals surface area contributed by atoms with Crippen LogP contribution in [0.15, 0.2) is 0 Å². The molecule has 0 aromatic rings. The predicted octanol–water partition coefficient (Wildman–Crippen LogP) is 2.30. The molecule has 12 heavy (non-hydrogen) atoms. The lowest BCUT2D eigenvalue weighted by Gasteiger charge is -2.41. The molecule has 0 rings (SSSR count). The molecule has 0 aliphatic carbocycles. The molecule has 0 aromatic heterocycles. The standard InChI is InChI=1S/C10H24N2/c1-7-10(5,6)8(12-11)9(2,3)4/h8,12H,7,11H2,1-6H3. The third-order valence-electron chi connectivity index (χ3n) is 2.73. The number of nitrogens with one attached hydrogen (secondary N) is 1. The first kappa shape index (κ1) is 11.9. The van der Waals surface area contributed by atoms with E-state index in [-0.39, 0.29) is 10.8 Å². The van der Waals surface area contributed by atoms with E-state index in [1.54, 1.807) is 0 Å². The summed E-state index contributed by atoms with van der Waals surface area (Å²) in [5.74, 6) is 5.57. The summed E-state index contributed by atoms with van der Waals surface area (Å²) in [6, 6.07) is 0.356. The monoisotopic (exact) mass is 172 g/mol. The van der Waals surface area contributed by atoms with Gasteiger partial charge in [-0.3, -0.25) is 11.3 Å². The molecule has 0 aromatic carbocycles. The number of rotatable bonds is 3. The molecule has 2 heteroatoms. The number of nitrogens with two attached hydrogens (primary N) is 1. The fraction of sp³-hybridized carbons (Fsp3) is 1.00. The Morgan fingerprint density at radius 2 is 1.58 bits per heavy atom. The van der Waals surface area contributed by atoms with Gasteiger partial charge in [0.05, 0.1) is 0 Å². The van der Waals surface area contributed by atoms with Gasteiger partial charge in [-0.15, -0.1) is 0 Å². The number of hydrogen-bond acceptors (Lipinski definition) is 2. The van der Waals surface area contributed by atoms with E-state index in [1.165, 1.54) is 0 Å². The largest absolute Gasteiger partial charge is 0.271 e. The molecule has 3 N–H and O–H groups in total. The van der Waals surface area contributed by atoms with Crippen molar-refractivity contribution in [3.8, 4) is 0 Å². The first-order valence-electron chi connectivity index (χ1n) is 4.72. The molecular weight excluding hydrogens is 148 g/mol. The Morgan fingerprint density at radius 3 is 1.67 bits per heavy atom. The van der Waals surface area contributed by atoms with Crippen molar-refractivity contribution in [3.05, 3.63) is 0 Å².